The van der Waals surface area contributed by atoms with E-state index < -0.39 is 0 Å². The lowest BCUT2D eigenvalue weighted by Gasteiger charge is -2.05. The first-order valence-electron chi connectivity index (χ1n) is 5.37. The van der Waals surface area contributed by atoms with Gasteiger partial charge in [0.05, 0.1) is 6.33 Å². The van der Waals surface area contributed by atoms with E-state index in [1.54, 1.807) is 6.33 Å². The molecule has 0 unspecified atom stereocenters. The highest BCUT2D eigenvalue weighted by molar-refractivity contribution is 5.83. The first-order valence-corrected chi connectivity index (χ1v) is 5.37. The Morgan fingerprint density at radius 2 is 2.22 bits per heavy atom. The van der Waals surface area contributed by atoms with Gasteiger partial charge in [0.15, 0.2) is 11.5 Å². The number of anilines is 2. The normalized spacial score (nSPS) is 10.9. The number of rotatable bonds is 4. The van der Waals surface area contributed by atoms with E-state index in [1.165, 1.54) is 6.33 Å². The summed E-state index contributed by atoms with van der Waals surface area (Å²) in [5.74, 6) is 1.64. The number of nitrogens with zero attached hydrogens (tertiary/aromatic N) is 5. The van der Waals surface area contributed by atoms with E-state index in [0.717, 1.165) is 11.3 Å². The largest absolute Gasteiger partial charge is 0.368 e. The number of aromatic nitrogens is 7. The average molecular weight is 245 g/mol. The lowest BCUT2D eigenvalue weighted by Crippen LogP contribution is -2.09. The third kappa shape index (κ3) is 1.93. The predicted octanol–water partition coefficient (Wildman–Crippen LogP) is -0.292. The quantitative estimate of drug-likeness (QED) is 0.496. The minimum Gasteiger partial charge on any atom is -0.368 e. The number of aromatic amines is 2. The second kappa shape index (κ2) is 4.28. The Balaban J connectivity index is 1.75. The van der Waals surface area contributed by atoms with Crippen molar-refractivity contribution in [3.63, 3.8) is 0 Å². The minimum atomic E-state index is 0.191. The molecule has 9 heteroatoms. The SMILES string of the molecule is Nc1nc(NCCc2ncn[nH]2)c2[nH]cnc2n1. The molecule has 5 N–H and O–H groups in total. The van der Waals surface area contributed by atoms with Crippen LogP contribution in [0.25, 0.3) is 11.2 Å². The zero-order valence-electron chi connectivity index (χ0n) is 9.38. The van der Waals surface area contributed by atoms with Gasteiger partial charge in [0.2, 0.25) is 5.95 Å². The summed E-state index contributed by atoms with van der Waals surface area (Å²) in [5.41, 5.74) is 6.89. The number of nitrogens with two attached hydrogens (primary N) is 1. The summed E-state index contributed by atoms with van der Waals surface area (Å²) >= 11 is 0. The highest BCUT2D eigenvalue weighted by Crippen LogP contribution is 2.16. The molecule has 0 aromatic carbocycles. The van der Waals surface area contributed by atoms with Crippen LogP contribution in [0.5, 0.6) is 0 Å². The van der Waals surface area contributed by atoms with Gasteiger partial charge in [0, 0.05) is 13.0 Å². The second-order valence-electron chi connectivity index (χ2n) is 3.64. The average Bonchev–Trinajstić information content (AvgIpc) is 2.98. The van der Waals surface area contributed by atoms with Gasteiger partial charge in [-0.05, 0) is 0 Å². The monoisotopic (exact) mass is 245 g/mol. The molecule has 0 aliphatic heterocycles. The highest BCUT2D eigenvalue weighted by Gasteiger charge is 2.07. The van der Waals surface area contributed by atoms with Gasteiger partial charge in [-0.25, -0.2) is 9.97 Å². The van der Waals surface area contributed by atoms with E-state index in [1.807, 2.05) is 0 Å². The number of hydrogen-bond donors (Lipinski definition) is 4. The summed E-state index contributed by atoms with van der Waals surface area (Å²) in [4.78, 5) is 19.2. The molecule has 3 heterocycles. The van der Waals surface area contributed by atoms with Crippen molar-refractivity contribution in [1.82, 2.24) is 35.1 Å². The van der Waals surface area contributed by atoms with Crippen molar-refractivity contribution < 1.29 is 0 Å². The molecule has 0 saturated heterocycles. The first kappa shape index (κ1) is 10.4. The molecule has 9 nitrogen and oxygen atoms in total. The fraction of sp³-hybridized carbons (Fsp3) is 0.222. The van der Waals surface area contributed by atoms with Gasteiger partial charge in [-0.3, -0.25) is 5.10 Å². The Labute approximate surface area is 101 Å². The number of fused-ring (bicyclic) bond motifs is 1. The van der Waals surface area contributed by atoms with E-state index in [-0.39, 0.29) is 5.95 Å². The molecule has 0 fully saturated rings. The van der Waals surface area contributed by atoms with Crippen LogP contribution in [0.3, 0.4) is 0 Å². The van der Waals surface area contributed by atoms with Crippen molar-refractivity contribution in [2.75, 3.05) is 17.6 Å². The third-order valence-electron chi connectivity index (χ3n) is 2.42. The van der Waals surface area contributed by atoms with Crippen LogP contribution in [0.4, 0.5) is 11.8 Å². The van der Waals surface area contributed by atoms with E-state index in [2.05, 4.69) is 40.4 Å². The number of nitrogen functional groups attached to an aromatic ring is 1. The number of hydrogen-bond acceptors (Lipinski definition) is 7. The number of imidazole rings is 1. The maximum Gasteiger partial charge on any atom is 0.224 e. The van der Waals surface area contributed by atoms with Crippen LogP contribution >= 0.6 is 0 Å². The minimum absolute atomic E-state index is 0.191. The fourth-order valence-electron chi connectivity index (χ4n) is 1.63. The van der Waals surface area contributed by atoms with Crippen LogP contribution in [-0.4, -0.2) is 41.7 Å². The summed E-state index contributed by atoms with van der Waals surface area (Å²) in [7, 11) is 0. The Morgan fingerprint density at radius 1 is 1.28 bits per heavy atom. The van der Waals surface area contributed by atoms with Gasteiger partial charge in [-0.1, -0.05) is 0 Å². The lowest BCUT2D eigenvalue weighted by atomic mass is 10.4. The van der Waals surface area contributed by atoms with Gasteiger partial charge in [0.25, 0.3) is 0 Å². The van der Waals surface area contributed by atoms with Crippen molar-refractivity contribution in [2.24, 2.45) is 0 Å². The smallest absolute Gasteiger partial charge is 0.224 e. The van der Waals surface area contributed by atoms with Crippen LogP contribution in [0.1, 0.15) is 5.82 Å². The molecule has 0 amide bonds. The molecule has 0 radical (unpaired) electrons. The molecule has 0 bridgehead atoms. The molecule has 0 aliphatic carbocycles. The summed E-state index contributed by atoms with van der Waals surface area (Å²) in [6, 6.07) is 0. The maximum absolute atomic E-state index is 5.61. The summed E-state index contributed by atoms with van der Waals surface area (Å²) in [6.45, 7) is 0.653. The van der Waals surface area contributed by atoms with Crippen molar-refractivity contribution in [2.45, 2.75) is 6.42 Å². The molecule has 92 valence electrons. The van der Waals surface area contributed by atoms with Crippen LogP contribution in [0, 0.1) is 0 Å². The molecule has 3 aromatic heterocycles. The Bertz CT molecular complexity index is 641. The van der Waals surface area contributed by atoms with Gasteiger partial charge in [-0.15, -0.1) is 0 Å². The van der Waals surface area contributed by atoms with Crippen molar-refractivity contribution in [1.29, 1.82) is 0 Å². The molecule has 3 rings (SSSR count). The van der Waals surface area contributed by atoms with Crippen LogP contribution in [0.15, 0.2) is 12.7 Å². The predicted molar refractivity (Wildman–Crippen MR) is 64.7 cm³/mol. The second-order valence-corrected chi connectivity index (χ2v) is 3.64. The maximum atomic E-state index is 5.61. The van der Waals surface area contributed by atoms with Crippen molar-refractivity contribution in [3.8, 4) is 0 Å². The van der Waals surface area contributed by atoms with Crippen molar-refractivity contribution >= 4 is 22.9 Å². The molecular weight excluding hydrogens is 234 g/mol. The molecule has 0 atom stereocenters. The summed E-state index contributed by atoms with van der Waals surface area (Å²) < 4.78 is 0. The molecular formula is C9H11N9. The Morgan fingerprint density at radius 3 is 3.06 bits per heavy atom. The summed E-state index contributed by atoms with van der Waals surface area (Å²) in [5, 5.41) is 9.73. The van der Waals surface area contributed by atoms with Crippen LogP contribution in [-0.2, 0) is 6.42 Å². The van der Waals surface area contributed by atoms with Crippen molar-refractivity contribution in [3.05, 3.63) is 18.5 Å². The van der Waals surface area contributed by atoms with Gasteiger partial charge in [-0.2, -0.15) is 15.1 Å². The lowest BCUT2D eigenvalue weighted by molar-refractivity contribution is 0.897. The molecule has 0 aliphatic rings. The van der Waals surface area contributed by atoms with E-state index in [9.17, 15) is 0 Å². The molecule has 0 spiro atoms. The molecule has 0 saturated carbocycles. The molecule has 18 heavy (non-hydrogen) atoms. The Hall–Kier alpha value is -2.71. The Kier molecular flexibility index (Phi) is 2.48. The van der Waals surface area contributed by atoms with E-state index in [0.29, 0.717) is 24.4 Å². The van der Waals surface area contributed by atoms with Crippen LogP contribution in [0.2, 0.25) is 0 Å². The van der Waals surface area contributed by atoms with E-state index >= 15 is 0 Å². The topological polar surface area (TPSA) is 134 Å². The first-order chi connectivity index (χ1) is 8.83. The van der Waals surface area contributed by atoms with Crippen LogP contribution < -0.4 is 11.1 Å². The fourth-order valence-corrected chi connectivity index (χ4v) is 1.63. The molecule has 3 aromatic rings. The number of nitrogens with one attached hydrogen (secondary N) is 3. The highest BCUT2D eigenvalue weighted by atomic mass is 15.2. The third-order valence-corrected chi connectivity index (χ3v) is 2.42. The van der Waals surface area contributed by atoms with Gasteiger partial charge >= 0.3 is 0 Å². The van der Waals surface area contributed by atoms with Gasteiger partial charge < -0.3 is 16.0 Å². The van der Waals surface area contributed by atoms with E-state index in [4.69, 9.17) is 5.73 Å². The number of H-pyrrole nitrogens is 2. The van der Waals surface area contributed by atoms with Gasteiger partial charge in [0.1, 0.15) is 17.7 Å². The zero-order valence-corrected chi connectivity index (χ0v) is 9.38. The summed E-state index contributed by atoms with van der Waals surface area (Å²) in [6.07, 6.45) is 3.74. The standard InChI is InChI=1S/C9H11N9/c10-9-16-7(6-8(17-9)14-3-13-6)11-2-1-5-12-4-15-18-5/h3-4H,1-2H2,(H,12,15,18)(H4,10,11,13,14,16,17). The zero-order chi connectivity index (χ0) is 12.4.